The van der Waals surface area contributed by atoms with E-state index in [0.717, 1.165) is 62.1 Å². The first-order valence-electron chi connectivity index (χ1n) is 14.3. The standard InChI is InChI=1S/C32H36FN6OP/c1-21-4-6-24(16-23(21)7-5-22-19-34-31(35-20-22)37-25-8-9-25)30(40)36-26-10-11-27-28(17-26)32(33,41)18-29(27)39-13-3-12-38(2)14-15-39/h4,6,10-11,16-17,19-20,25,29H,3,8-9,12-15,18,41H2,1-2H3,(H,36,40)(H,34,35,37). The maximum absolute atomic E-state index is 15.8. The Kier molecular flexibility index (Phi) is 7.78. The van der Waals surface area contributed by atoms with Gasteiger partial charge in [0.05, 0.1) is 5.56 Å². The van der Waals surface area contributed by atoms with Gasteiger partial charge in [0.15, 0.2) is 5.41 Å². The van der Waals surface area contributed by atoms with Crippen LogP contribution in [0.3, 0.4) is 0 Å². The SMILES string of the molecule is Cc1ccc(C(=O)Nc2ccc3c(c2)C(F)(P)CC3N2CCCN(C)CC2)cc1C#Cc1cnc(NC2CC2)nc1. The molecule has 3 unspecified atom stereocenters. The highest BCUT2D eigenvalue weighted by atomic mass is 31.0. The van der Waals surface area contributed by atoms with Gasteiger partial charge in [0.2, 0.25) is 5.95 Å². The van der Waals surface area contributed by atoms with Gasteiger partial charge in [-0.05, 0) is 80.7 Å². The molecular weight excluding hydrogens is 534 g/mol. The molecule has 1 aliphatic heterocycles. The number of fused-ring (bicyclic) bond motifs is 1. The van der Waals surface area contributed by atoms with Crippen LogP contribution in [0, 0.1) is 18.8 Å². The molecule has 6 rings (SSSR count). The van der Waals surface area contributed by atoms with Gasteiger partial charge >= 0.3 is 0 Å². The third-order valence-electron chi connectivity index (χ3n) is 8.21. The smallest absolute Gasteiger partial charge is 0.255 e. The van der Waals surface area contributed by atoms with E-state index in [0.29, 0.717) is 40.8 Å². The van der Waals surface area contributed by atoms with Crippen LogP contribution in [0.2, 0.25) is 0 Å². The zero-order valence-electron chi connectivity index (χ0n) is 23.6. The molecule has 2 aromatic carbocycles. The first-order valence-corrected chi connectivity index (χ1v) is 14.9. The van der Waals surface area contributed by atoms with Crippen LogP contribution in [0.4, 0.5) is 16.0 Å². The van der Waals surface area contributed by atoms with Crippen molar-refractivity contribution in [2.75, 3.05) is 43.9 Å². The van der Waals surface area contributed by atoms with Crippen LogP contribution >= 0.6 is 9.24 Å². The lowest BCUT2D eigenvalue weighted by Gasteiger charge is -2.28. The molecule has 9 heteroatoms. The molecule has 7 nitrogen and oxygen atoms in total. The number of benzene rings is 2. The molecule has 41 heavy (non-hydrogen) atoms. The summed E-state index contributed by atoms with van der Waals surface area (Å²) in [4.78, 5) is 26.6. The number of anilines is 2. The summed E-state index contributed by atoms with van der Waals surface area (Å²) in [7, 11) is 4.55. The molecule has 0 spiro atoms. The molecule has 2 fully saturated rings. The molecular formula is C32H36FN6OP. The molecule has 0 bridgehead atoms. The van der Waals surface area contributed by atoms with Crippen molar-refractivity contribution in [3.8, 4) is 11.8 Å². The van der Waals surface area contributed by atoms with Crippen molar-refractivity contribution in [1.29, 1.82) is 0 Å². The fourth-order valence-electron chi connectivity index (χ4n) is 5.61. The van der Waals surface area contributed by atoms with E-state index in [1.165, 1.54) is 0 Å². The Labute approximate surface area is 243 Å². The summed E-state index contributed by atoms with van der Waals surface area (Å²) >= 11 is 0. The third-order valence-corrected chi connectivity index (χ3v) is 8.75. The maximum atomic E-state index is 15.8. The number of hydrogen-bond acceptors (Lipinski definition) is 6. The molecule has 1 aromatic heterocycles. The predicted octanol–water partition coefficient (Wildman–Crippen LogP) is 5.09. The molecule has 0 radical (unpaired) electrons. The monoisotopic (exact) mass is 570 g/mol. The summed E-state index contributed by atoms with van der Waals surface area (Å²) < 4.78 is 15.8. The molecule has 1 saturated carbocycles. The number of carbonyl (C=O) groups excluding carboxylic acids is 1. The minimum Gasteiger partial charge on any atom is -0.351 e. The summed E-state index contributed by atoms with van der Waals surface area (Å²) in [6.45, 7) is 5.89. The van der Waals surface area contributed by atoms with Crippen LogP contribution in [0.25, 0.3) is 0 Å². The van der Waals surface area contributed by atoms with E-state index in [1.807, 2.05) is 25.1 Å². The fourth-order valence-corrected chi connectivity index (χ4v) is 6.08. The van der Waals surface area contributed by atoms with E-state index < -0.39 is 5.41 Å². The number of nitrogens with zero attached hydrogens (tertiary/aromatic N) is 4. The molecule has 3 atom stereocenters. The largest absolute Gasteiger partial charge is 0.351 e. The number of nitrogens with one attached hydrogen (secondary N) is 2. The Hall–Kier alpha value is -3.37. The first-order chi connectivity index (χ1) is 19.7. The molecule has 212 valence electrons. The number of aryl methyl sites for hydroxylation is 1. The number of hydrogen-bond donors (Lipinski definition) is 2. The molecule has 3 aromatic rings. The second kappa shape index (κ2) is 11.5. The van der Waals surface area contributed by atoms with E-state index in [9.17, 15) is 4.79 Å². The number of rotatable bonds is 5. The van der Waals surface area contributed by atoms with E-state index in [-0.39, 0.29) is 11.9 Å². The number of amides is 1. The number of halogens is 1. The number of alkyl halides is 1. The Morgan fingerprint density at radius 3 is 2.66 bits per heavy atom. The Morgan fingerprint density at radius 2 is 1.88 bits per heavy atom. The van der Waals surface area contributed by atoms with E-state index >= 15 is 4.39 Å². The normalized spacial score (nSPS) is 22.8. The van der Waals surface area contributed by atoms with Gasteiger partial charge < -0.3 is 15.5 Å². The lowest BCUT2D eigenvalue weighted by atomic mass is 10.0. The maximum Gasteiger partial charge on any atom is 0.255 e. The topological polar surface area (TPSA) is 73.4 Å². The predicted molar refractivity (Wildman–Crippen MR) is 164 cm³/mol. The Morgan fingerprint density at radius 1 is 1.07 bits per heavy atom. The van der Waals surface area contributed by atoms with Crippen molar-refractivity contribution in [2.45, 2.75) is 50.1 Å². The van der Waals surface area contributed by atoms with Crippen LogP contribution in [-0.2, 0) is 5.41 Å². The average Bonchev–Trinajstić information content (AvgIpc) is 3.76. The summed E-state index contributed by atoms with van der Waals surface area (Å²) in [6.07, 6.45) is 7.21. The molecule has 2 N–H and O–H groups in total. The molecule has 2 heterocycles. The second-order valence-corrected chi connectivity index (χ2v) is 12.4. The van der Waals surface area contributed by atoms with Gasteiger partial charge in [0.1, 0.15) is 0 Å². The zero-order valence-corrected chi connectivity index (χ0v) is 24.7. The molecule has 3 aliphatic rings. The highest BCUT2D eigenvalue weighted by Gasteiger charge is 2.43. The second-order valence-electron chi connectivity index (χ2n) is 11.5. The van der Waals surface area contributed by atoms with Gasteiger partial charge in [-0.15, -0.1) is 0 Å². The third kappa shape index (κ3) is 6.43. The van der Waals surface area contributed by atoms with Crippen molar-refractivity contribution in [3.63, 3.8) is 0 Å². The number of carbonyl (C=O) groups is 1. The highest BCUT2D eigenvalue weighted by Crippen LogP contribution is 2.53. The molecule has 1 saturated heterocycles. The summed E-state index contributed by atoms with van der Waals surface area (Å²) in [5, 5.41) is 4.71. The highest BCUT2D eigenvalue weighted by molar-refractivity contribution is 7.18. The Balaban J connectivity index is 1.16. The summed E-state index contributed by atoms with van der Waals surface area (Å²) in [5.74, 6) is 6.62. The molecule has 2 aliphatic carbocycles. The fraction of sp³-hybridized carbons (Fsp3) is 0.406. The van der Waals surface area contributed by atoms with Gasteiger partial charge in [-0.2, -0.15) is 0 Å². The first kappa shape index (κ1) is 27.8. The van der Waals surface area contributed by atoms with Gasteiger partial charge in [0, 0.05) is 67.3 Å². The van der Waals surface area contributed by atoms with E-state index in [1.54, 1.807) is 30.6 Å². The van der Waals surface area contributed by atoms with Crippen molar-refractivity contribution in [1.82, 2.24) is 19.8 Å². The van der Waals surface area contributed by atoms with Crippen molar-refractivity contribution < 1.29 is 9.18 Å². The van der Waals surface area contributed by atoms with Crippen molar-refractivity contribution in [3.05, 3.63) is 82.2 Å². The van der Waals surface area contributed by atoms with Crippen LogP contribution in [0.5, 0.6) is 0 Å². The van der Waals surface area contributed by atoms with Gasteiger partial charge in [-0.3, -0.25) is 9.69 Å². The summed E-state index contributed by atoms with van der Waals surface area (Å²) in [5.41, 5.74) is 5.15. The van der Waals surface area contributed by atoms with Crippen LogP contribution in [-0.4, -0.2) is 64.9 Å². The Bertz CT molecular complexity index is 1510. The van der Waals surface area contributed by atoms with Gasteiger partial charge in [0.25, 0.3) is 5.91 Å². The van der Waals surface area contributed by atoms with Crippen LogP contribution in [0.15, 0.2) is 48.8 Å². The lowest BCUT2D eigenvalue weighted by Crippen LogP contribution is -2.32. The minimum atomic E-state index is -1.53. The van der Waals surface area contributed by atoms with Crippen LogP contribution < -0.4 is 10.6 Å². The molecule has 1 amide bonds. The van der Waals surface area contributed by atoms with E-state index in [2.05, 4.69) is 58.5 Å². The number of likely N-dealkylation sites (N-methyl/N-ethyl adjacent to an activating group) is 1. The van der Waals surface area contributed by atoms with Gasteiger partial charge in [-0.1, -0.05) is 33.2 Å². The van der Waals surface area contributed by atoms with E-state index in [4.69, 9.17) is 0 Å². The quantitative estimate of drug-likeness (QED) is 0.329. The van der Waals surface area contributed by atoms with Crippen LogP contribution in [0.1, 0.15) is 69.9 Å². The number of aromatic nitrogens is 2. The minimum absolute atomic E-state index is 0.0399. The van der Waals surface area contributed by atoms with Crippen molar-refractivity contribution in [2.24, 2.45) is 0 Å². The van der Waals surface area contributed by atoms with Gasteiger partial charge in [-0.25, -0.2) is 14.4 Å². The van der Waals surface area contributed by atoms with Crippen molar-refractivity contribution >= 4 is 26.8 Å². The lowest BCUT2D eigenvalue weighted by molar-refractivity contribution is 0.102. The average molecular weight is 571 g/mol. The summed E-state index contributed by atoms with van der Waals surface area (Å²) in [6, 6.07) is 11.6. The zero-order chi connectivity index (χ0) is 28.6.